The van der Waals surface area contributed by atoms with E-state index in [-0.39, 0.29) is 17.4 Å². The van der Waals surface area contributed by atoms with Crippen LogP contribution >= 0.6 is 0 Å². The number of hydrogen-bond acceptors (Lipinski definition) is 6. The molecular formula is C28H30AsN3O5Si. The van der Waals surface area contributed by atoms with E-state index in [2.05, 4.69) is 37.8 Å². The Morgan fingerprint density at radius 3 is 2.68 bits per heavy atom. The molecule has 0 amide bonds. The van der Waals surface area contributed by atoms with Crippen molar-refractivity contribution in [2.24, 2.45) is 0 Å². The third-order valence-corrected chi connectivity index (χ3v) is 10.4. The molecule has 0 N–H and O–H groups in total. The number of benzene rings is 3. The molecule has 10 heteroatoms. The molecule has 2 heterocycles. The summed E-state index contributed by atoms with van der Waals surface area (Å²) in [7, 11) is -1.19. The fourth-order valence-electron chi connectivity index (χ4n) is 4.08. The summed E-state index contributed by atoms with van der Waals surface area (Å²) in [5.74, 6) is 1.50. The Balaban J connectivity index is 1.43. The van der Waals surface area contributed by atoms with Crippen molar-refractivity contribution in [3.8, 4) is 11.5 Å². The van der Waals surface area contributed by atoms with Crippen LogP contribution in [0, 0.1) is 10.1 Å². The van der Waals surface area contributed by atoms with E-state index < -0.39 is 23.8 Å². The minimum atomic E-state index is -1.19. The Kier molecular flexibility index (Phi) is 7.69. The van der Waals surface area contributed by atoms with E-state index in [9.17, 15) is 10.1 Å². The van der Waals surface area contributed by atoms with Gasteiger partial charge in [0.25, 0.3) is 0 Å². The molecule has 1 atom stereocenters. The third-order valence-electron chi connectivity index (χ3n) is 6.17. The van der Waals surface area contributed by atoms with Gasteiger partial charge >= 0.3 is 230 Å². The molecule has 0 fully saturated rings. The molecule has 3 aromatic carbocycles. The van der Waals surface area contributed by atoms with Gasteiger partial charge in [-0.25, -0.2) is 0 Å². The van der Waals surface area contributed by atoms with E-state index in [4.69, 9.17) is 19.3 Å². The summed E-state index contributed by atoms with van der Waals surface area (Å²) in [4.78, 5) is 10.9. The zero-order valence-electron chi connectivity index (χ0n) is 21.6. The standard InChI is InChI=1S/C28H30AsN3O5Si/c1-38(2,3)14-13-35-18-31-26-17-22(29-21-5-4-6-23(16-21)32(33)34)9-10-24(26)25(30-31)11-7-20-8-12-27-28(15-20)37-19-36-27/h4-12,15-17,29H,13-14,18-19H2,1-3H3/b11-7+. The first-order chi connectivity index (χ1) is 18.2. The summed E-state index contributed by atoms with van der Waals surface area (Å²) < 4.78 is 21.1. The topological polar surface area (TPSA) is 88.7 Å². The van der Waals surface area contributed by atoms with Crippen molar-refractivity contribution in [3.05, 3.63) is 82.0 Å². The van der Waals surface area contributed by atoms with Crippen LogP contribution < -0.4 is 18.2 Å². The normalized spacial score (nSPS) is 13.3. The summed E-state index contributed by atoms with van der Waals surface area (Å²) in [5.41, 5.74) is 2.98. The SMILES string of the molecule is C[Si](C)(C)CCOCn1nc(/C=C/c2ccc3c(c2)OCO3)c2ccc([AsH]c3cccc([N+](=O)[O-])c3)cc21. The van der Waals surface area contributed by atoms with E-state index in [1.165, 1.54) is 10.4 Å². The fourth-order valence-corrected chi connectivity index (χ4v) is 7.17. The Hall–Kier alpha value is -3.39. The summed E-state index contributed by atoms with van der Waals surface area (Å²) in [5, 5.41) is 17.1. The van der Waals surface area contributed by atoms with Gasteiger partial charge in [-0.3, -0.25) is 0 Å². The zero-order valence-corrected chi connectivity index (χ0v) is 24.7. The predicted octanol–water partition coefficient (Wildman–Crippen LogP) is 4.54. The van der Waals surface area contributed by atoms with E-state index in [1.54, 1.807) is 12.1 Å². The minimum absolute atomic E-state index is 0.129. The molecule has 0 saturated carbocycles. The first-order valence-electron chi connectivity index (χ1n) is 12.4. The molecule has 0 aliphatic carbocycles. The molecule has 0 bridgehead atoms. The maximum atomic E-state index is 11.2. The summed E-state index contributed by atoms with van der Waals surface area (Å²) >= 11 is -0.759. The second kappa shape index (κ2) is 11.1. The van der Waals surface area contributed by atoms with Crippen LogP contribution in [0.3, 0.4) is 0 Å². The van der Waals surface area contributed by atoms with E-state index >= 15 is 0 Å². The number of ether oxygens (including phenoxy) is 3. The van der Waals surface area contributed by atoms with Crippen molar-refractivity contribution in [2.45, 2.75) is 32.4 Å². The Morgan fingerprint density at radius 1 is 1.05 bits per heavy atom. The van der Waals surface area contributed by atoms with Crippen LogP contribution in [0.15, 0.2) is 60.7 Å². The van der Waals surface area contributed by atoms with Crippen LogP contribution in [-0.2, 0) is 11.5 Å². The number of hydrogen-bond donors (Lipinski definition) is 0. The Labute approximate surface area is 229 Å². The second-order valence-corrected chi connectivity index (χ2v) is 18.9. The van der Waals surface area contributed by atoms with Gasteiger partial charge in [0, 0.05) is 0 Å². The summed E-state index contributed by atoms with van der Waals surface area (Å²) in [6.07, 6.45) is 4.03. The molecule has 1 aliphatic heterocycles. The third kappa shape index (κ3) is 6.35. The first kappa shape index (κ1) is 26.2. The number of rotatable bonds is 10. The zero-order chi connectivity index (χ0) is 26.7. The Morgan fingerprint density at radius 2 is 1.87 bits per heavy atom. The van der Waals surface area contributed by atoms with E-state index in [0.717, 1.165) is 44.1 Å². The van der Waals surface area contributed by atoms with Crippen molar-refractivity contribution in [1.29, 1.82) is 0 Å². The van der Waals surface area contributed by atoms with Crippen LogP contribution in [-0.4, -0.2) is 51.9 Å². The molecule has 196 valence electrons. The fraction of sp³-hybridized carbons (Fsp3) is 0.250. The average molecular weight is 592 g/mol. The number of nitrogens with zero attached hydrogens (tertiary/aromatic N) is 3. The molecule has 5 rings (SSSR count). The van der Waals surface area contributed by atoms with Crippen molar-refractivity contribution in [3.63, 3.8) is 0 Å². The number of nitro benzene ring substituents is 1. The maximum absolute atomic E-state index is 11.2. The number of aromatic nitrogens is 2. The van der Waals surface area contributed by atoms with Gasteiger partial charge in [-0.2, -0.15) is 0 Å². The Bertz CT molecular complexity index is 1510. The van der Waals surface area contributed by atoms with Crippen molar-refractivity contribution in [2.75, 3.05) is 13.4 Å². The first-order valence-corrected chi connectivity index (χ1v) is 18.2. The van der Waals surface area contributed by atoms with Crippen LogP contribution in [0.2, 0.25) is 25.7 Å². The summed E-state index contributed by atoms with van der Waals surface area (Å²) in [6, 6.07) is 20.2. The molecule has 0 spiro atoms. The summed E-state index contributed by atoms with van der Waals surface area (Å²) in [6.45, 7) is 8.34. The quantitative estimate of drug-likeness (QED) is 0.117. The molecule has 4 aromatic rings. The molecule has 0 saturated heterocycles. The molecule has 8 nitrogen and oxygen atoms in total. The van der Waals surface area contributed by atoms with E-state index in [1.807, 2.05) is 41.1 Å². The van der Waals surface area contributed by atoms with E-state index in [0.29, 0.717) is 13.3 Å². The van der Waals surface area contributed by atoms with Crippen LogP contribution in [0.5, 0.6) is 11.5 Å². The molecule has 1 aromatic heterocycles. The number of nitro groups is 1. The second-order valence-electron chi connectivity index (χ2n) is 10.3. The van der Waals surface area contributed by atoms with Crippen molar-refractivity contribution < 1.29 is 19.1 Å². The molecule has 0 radical (unpaired) electrons. The van der Waals surface area contributed by atoms with Gasteiger partial charge in [0.05, 0.1) is 0 Å². The average Bonchev–Trinajstić information content (AvgIpc) is 3.49. The predicted molar refractivity (Wildman–Crippen MR) is 155 cm³/mol. The van der Waals surface area contributed by atoms with Gasteiger partial charge in [0.15, 0.2) is 0 Å². The molecule has 1 unspecified atom stereocenters. The monoisotopic (exact) mass is 591 g/mol. The van der Waals surface area contributed by atoms with Crippen LogP contribution in [0.1, 0.15) is 11.3 Å². The van der Waals surface area contributed by atoms with Crippen LogP contribution in [0.25, 0.3) is 23.1 Å². The van der Waals surface area contributed by atoms with Gasteiger partial charge in [-0.1, -0.05) is 0 Å². The number of fused-ring (bicyclic) bond motifs is 2. The van der Waals surface area contributed by atoms with Gasteiger partial charge in [0.2, 0.25) is 0 Å². The van der Waals surface area contributed by atoms with Crippen molar-refractivity contribution >= 4 is 61.3 Å². The van der Waals surface area contributed by atoms with Crippen molar-refractivity contribution in [1.82, 2.24) is 9.78 Å². The van der Waals surface area contributed by atoms with Gasteiger partial charge < -0.3 is 0 Å². The number of non-ortho nitro benzene ring substituents is 1. The molecule has 38 heavy (non-hydrogen) atoms. The van der Waals surface area contributed by atoms with Crippen LogP contribution in [0.4, 0.5) is 5.69 Å². The van der Waals surface area contributed by atoms with Gasteiger partial charge in [-0.05, 0) is 0 Å². The van der Waals surface area contributed by atoms with Gasteiger partial charge in [-0.15, -0.1) is 0 Å². The molecule has 1 aliphatic rings. The van der Waals surface area contributed by atoms with Gasteiger partial charge in [0.1, 0.15) is 0 Å². The molecular weight excluding hydrogens is 561 g/mol.